The van der Waals surface area contributed by atoms with Crippen molar-refractivity contribution in [3.05, 3.63) is 59.7 Å². The molecule has 2 N–H and O–H groups in total. The number of carbonyl (C=O) groups is 1. The van der Waals surface area contributed by atoms with Gasteiger partial charge in [0, 0.05) is 6.54 Å². The van der Waals surface area contributed by atoms with Crippen molar-refractivity contribution in [1.82, 2.24) is 5.32 Å². The van der Waals surface area contributed by atoms with Gasteiger partial charge in [-0.1, -0.05) is 24.3 Å². The second-order valence-corrected chi connectivity index (χ2v) is 4.86. The number of carbonyl (C=O) groups excluding carboxylic acids is 1. The highest BCUT2D eigenvalue weighted by molar-refractivity contribution is 5.76. The van der Waals surface area contributed by atoms with E-state index in [-0.39, 0.29) is 11.7 Å². The van der Waals surface area contributed by atoms with Crippen LogP contribution in [0.15, 0.2) is 48.5 Å². The summed E-state index contributed by atoms with van der Waals surface area (Å²) in [6.07, 6.45) is 0.312. The van der Waals surface area contributed by atoms with Gasteiger partial charge in [0.05, 0.1) is 13.0 Å². The van der Waals surface area contributed by atoms with E-state index in [0.29, 0.717) is 19.6 Å². The van der Waals surface area contributed by atoms with Crippen LogP contribution in [0.25, 0.3) is 0 Å². The zero-order valence-corrected chi connectivity index (χ0v) is 12.0. The lowest BCUT2D eigenvalue weighted by Gasteiger charge is -2.08. The van der Waals surface area contributed by atoms with Crippen molar-refractivity contribution in [3.8, 4) is 11.5 Å². The van der Waals surface area contributed by atoms with Crippen LogP contribution >= 0.6 is 0 Å². The Morgan fingerprint density at radius 1 is 1.19 bits per heavy atom. The minimum absolute atomic E-state index is 0.0595. The van der Waals surface area contributed by atoms with Crippen LogP contribution in [-0.4, -0.2) is 17.6 Å². The Bertz CT molecular complexity index is 593. The van der Waals surface area contributed by atoms with E-state index in [9.17, 15) is 9.90 Å². The minimum atomic E-state index is -0.0595. The maximum Gasteiger partial charge on any atom is 0.223 e. The number of nitrogens with one attached hydrogen (secondary N) is 1. The summed E-state index contributed by atoms with van der Waals surface area (Å²) in [5.41, 5.74) is 2.07. The summed E-state index contributed by atoms with van der Waals surface area (Å²) in [6, 6.07) is 14.5. The molecule has 0 aromatic heterocycles. The Morgan fingerprint density at radius 2 is 1.95 bits per heavy atom. The SMILES string of the molecule is Cc1cccc(OCCC(=O)NCc2ccc(O)cc2)c1. The number of rotatable bonds is 6. The van der Waals surface area contributed by atoms with Crippen molar-refractivity contribution in [2.24, 2.45) is 0 Å². The predicted molar refractivity (Wildman–Crippen MR) is 81.2 cm³/mol. The number of ether oxygens (including phenoxy) is 1. The number of aryl methyl sites for hydroxylation is 1. The lowest BCUT2D eigenvalue weighted by atomic mass is 10.2. The van der Waals surface area contributed by atoms with Gasteiger partial charge in [0.1, 0.15) is 11.5 Å². The topological polar surface area (TPSA) is 58.6 Å². The molecule has 0 saturated heterocycles. The quantitative estimate of drug-likeness (QED) is 0.858. The number of amides is 1. The molecule has 0 saturated carbocycles. The van der Waals surface area contributed by atoms with Crippen molar-refractivity contribution in [1.29, 1.82) is 0 Å². The Morgan fingerprint density at radius 3 is 2.67 bits per heavy atom. The van der Waals surface area contributed by atoms with Crippen LogP contribution < -0.4 is 10.1 Å². The smallest absolute Gasteiger partial charge is 0.223 e. The Hall–Kier alpha value is -2.49. The van der Waals surface area contributed by atoms with Crippen LogP contribution in [0.3, 0.4) is 0 Å². The Labute approximate surface area is 124 Å². The molecule has 0 radical (unpaired) electrons. The number of benzene rings is 2. The third-order valence-electron chi connectivity index (χ3n) is 3.01. The van der Waals surface area contributed by atoms with Gasteiger partial charge in [0.25, 0.3) is 0 Å². The highest BCUT2D eigenvalue weighted by atomic mass is 16.5. The first-order chi connectivity index (χ1) is 10.1. The molecular formula is C17H19NO3. The highest BCUT2D eigenvalue weighted by Gasteiger charge is 2.02. The Kier molecular flexibility index (Phi) is 5.21. The van der Waals surface area contributed by atoms with Crippen molar-refractivity contribution >= 4 is 5.91 Å². The predicted octanol–water partition coefficient (Wildman–Crippen LogP) is 2.79. The Balaban J connectivity index is 1.69. The standard InChI is InChI=1S/C17H19NO3/c1-13-3-2-4-16(11-13)21-10-9-17(20)18-12-14-5-7-15(19)8-6-14/h2-8,11,19H,9-10,12H2,1H3,(H,18,20). The average molecular weight is 285 g/mol. The average Bonchev–Trinajstić information content (AvgIpc) is 2.47. The summed E-state index contributed by atoms with van der Waals surface area (Å²) in [4.78, 5) is 11.7. The maximum absolute atomic E-state index is 11.7. The largest absolute Gasteiger partial charge is 0.508 e. The monoisotopic (exact) mass is 285 g/mol. The molecule has 4 nitrogen and oxygen atoms in total. The second-order valence-electron chi connectivity index (χ2n) is 4.86. The van der Waals surface area contributed by atoms with Crippen LogP contribution in [0, 0.1) is 6.92 Å². The van der Waals surface area contributed by atoms with Gasteiger partial charge in [-0.15, -0.1) is 0 Å². The van der Waals surface area contributed by atoms with Crippen LogP contribution in [0.4, 0.5) is 0 Å². The van der Waals surface area contributed by atoms with E-state index in [1.54, 1.807) is 24.3 Å². The molecule has 0 atom stereocenters. The molecule has 2 rings (SSSR count). The molecule has 21 heavy (non-hydrogen) atoms. The van der Waals surface area contributed by atoms with Crippen molar-refractivity contribution < 1.29 is 14.6 Å². The van der Waals surface area contributed by atoms with E-state index in [2.05, 4.69) is 5.32 Å². The number of phenols is 1. The van der Waals surface area contributed by atoms with E-state index in [0.717, 1.165) is 16.9 Å². The van der Waals surface area contributed by atoms with Crippen molar-refractivity contribution in [2.45, 2.75) is 19.9 Å². The lowest BCUT2D eigenvalue weighted by Crippen LogP contribution is -2.24. The van der Waals surface area contributed by atoms with Gasteiger partial charge in [-0.3, -0.25) is 4.79 Å². The molecule has 1 amide bonds. The molecule has 0 heterocycles. The first kappa shape index (κ1) is 14.9. The van der Waals surface area contributed by atoms with Gasteiger partial charge >= 0.3 is 0 Å². The van der Waals surface area contributed by atoms with Crippen LogP contribution in [-0.2, 0) is 11.3 Å². The fraction of sp³-hybridized carbons (Fsp3) is 0.235. The summed E-state index contributed by atoms with van der Waals surface area (Å²) < 4.78 is 5.53. The summed E-state index contributed by atoms with van der Waals surface area (Å²) in [5, 5.41) is 12.0. The van der Waals surface area contributed by atoms with E-state index < -0.39 is 0 Å². The minimum Gasteiger partial charge on any atom is -0.508 e. The maximum atomic E-state index is 11.7. The normalized spacial score (nSPS) is 10.1. The van der Waals surface area contributed by atoms with Crippen LogP contribution in [0.5, 0.6) is 11.5 Å². The number of phenolic OH excluding ortho intramolecular Hbond substituents is 1. The number of hydrogen-bond donors (Lipinski definition) is 2. The molecule has 0 spiro atoms. The van der Waals surface area contributed by atoms with Gasteiger partial charge in [0.15, 0.2) is 0 Å². The van der Waals surface area contributed by atoms with E-state index in [1.165, 1.54) is 0 Å². The fourth-order valence-electron chi connectivity index (χ4n) is 1.87. The van der Waals surface area contributed by atoms with Crippen molar-refractivity contribution in [2.75, 3.05) is 6.61 Å². The summed E-state index contributed by atoms with van der Waals surface area (Å²) in [6.45, 7) is 2.80. The molecule has 0 aliphatic rings. The molecule has 0 fully saturated rings. The van der Waals surface area contributed by atoms with Gasteiger partial charge in [-0.05, 0) is 42.3 Å². The molecule has 0 unspecified atom stereocenters. The molecule has 2 aromatic carbocycles. The molecule has 0 bridgehead atoms. The summed E-state index contributed by atoms with van der Waals surface area (Å²) in [7, 11) is 0. The first-order valence-electron chi connectivity index (χ1n) is 6.87. The number of hydrogen-bond acceptors (Lipinski definition) is 3. The zero-order chi connectivity index (χ0) is 15.1. The highest BCUT2D eigenvalue weighted by Crippen LogP contribution is 2.12. The molecule has 0 aliphatic carbocycles. The summed E-state index contributed by atoms with van der Waals surface area (Å²) in [5.74, 6) is 0.939. The third kappa shape index (κ3) is 5.18. The molecule has 110 valence electrons. The van der Waals surface area contributed by atoms with Gasteiger partial charge in [-0.2, -0.15) is 0 Å². The van der Waals surface area contributed by atoms with Crippen LogP contribution in [0.2, 0.25) is 0 Å². The first-order valence-corrected chi connectivity index (χ1v) is 6.87. The molecule has 2 aromatic rings. The lowest BCUT2D eigenvalue weighted by molar-refractivity contribution is -0.121. The zero-order valence-electron chi connectivity index (χ0n) is 12.0. The molecule has 0 aliphatic heterocycles. The van der Waals surface area contributed by atoms with E-state index in [4.69, 9.17) is 4.74 Å². The fourth-order valence-corrected chi connectivity index (χ4v) is 1.87. The molecular weight excluding hydrogens is 266 g/mol. The molecule has 4 heteroatoms. The van der Waals surface area contributed by atoms with Crippen molar-refractivity contribution in [3.63, 3.8) is 0 Å². The van der Waals surface area contributed by atoms with E-state index >= 15 is 0 Å². The van der Waals surface area contributed by atoms with Gasteiger partial charge in [0.2, 0.25) is 5.91 Å². The van der Waals surface area contributed by atoms with Gasteiger partial charge < -0.3 is 15.2 Å². The second kappa shape index (κ2) is 7.33. The summed E-state index contributed by atoms with van der Waals surface area (Å²) >= 11 is 0. The number of aromatic hydroxyl groups is 1. The van der Waals surface area contributed by atoms with E-state index in [1.807, 2.05) is 31.2 Å². The third-order valence-corrected chi connectivity index (χ3v) is 3.01. The van der Waals surface area contributed by atoms with Gasteiger partial charge in [-0.25, -0.2) is 0 Å². The van der Waals surface area contributed by atoms with Crippen LogP contribution in [0.1, 0.15) is 17.5 Å².